The van der Waals surface area contributed by atoms with E-state index in [1.165, 1.54) is 48.6 Å². The molecule has 0 aliphatic heterocycles. The molecule has 0 aliphatic carbocycles. The minimum absolute atomic E-state index is 0.0662. The van der Waals surface area contributed by atoms with Crippen molar-refractivity contribution < 1.29 is 14.8 Å². The fourth-order valence-corrected chi connectivity index (χ4v) is 1.84. The summed E-state index contributed by atoms with van der Waals surface area (Å²) in [6, 6.07) is 8.93. The third kappa shape index (κ3) is 3.73. The van der Waals surface area contributed by atoms with Crippen LogP contribution in [0.25, 0.3) is 12.2 Å². The molecule has 0 fully saturated rings. The zero-order valence-electron chi connectivity index (χ0n) is 11.5. The van der Waals surface area contributed by atoms with E-state index in [1.54, 1.807) is 0 Å². The maximum absolute atomic E-state index is 11.0. The van der Waals surface area contributed by atoms with Gasteiger partial charge >= 0.3 is 0 Å². The van der Waals surface area contributed by atoms with E-state index < -0.39 is 20.5 Å². The number of benzene rings is 2. The number of hydrogen-bond donors (Lipinski definition) is 0. The van der Waals surface area contributed by atoms with Crippen LogP contribution in [0, 0.1) is 30.3 Å². The summed E-state index contributed by atoms with van der Waals surface area (Å²) >= 11 is 0. The van der Waals surface area contributed by atoms with Crippen LogP contribution in [0.4, 0.5) is 17.1 Å². The normalized spacial score (nSPS) is 10.6. The SMILES string of the molecule is O=[N+]([O-])c1ccc(C=Cc2ccc([N+](=O)[O-])cc2[N+](=O)[O-])cc1. The van der Waals surface area contributed by atoms with Crippen LogP contribution in [0.3, 0.4) is 0 Å². The van der Waals surface area contributed by atoms with Crippen molar-refractivity contribution in [2.45, 2.75) is 0 Å². The van der Waals surface area contributed by atoms with E-state index in [0.29, 0.717) is 5.56 Å². The van der Waals surface area contributed by atoms with Crippen molar-refractivity contribution in [3.05, 3.63) is 83.9 Å². The molecule has 2 rings (SSSR count). The van der Waals surface area contributed by atoms with Crippen molar-refractivity contribution >= 4 is 29.2 Å². The third-order valence-electron chi connectivity index (χ3n) is 2.98. The van der Waals surface area contributed by atoms with Gasteiger partial charge in [0.15, 0.2) is 0 Å². The first-order valence-electron chi connectivity index (χ1n) is 6.24. The van der Waals surface area contributed by atoms with Gasteiger partial charge in [-0.15, -0.1) is 0 Å². The standard InChI is InChI=1S/C14H9N3O6/c18-15(19)12-6-2-10(3-7-12)1-4-11-5-8-13(16(20)21)9-14(11)17(22)23/h1-9H. The van der Waals surface area contributed by atoms with E-state index in [4.69, 9.17) is 0 Å². The Labute approximate surface area is 128 Å². The Kier molecular flexibility index (Phi) is 4.41. The van der Waals surface area contributed by atoms with Gasteiger partial charge in [0, 0.05) is 18.2 Å². The first-order chi connectivity index (χ1) is 10.9. The Morgan fingerprint density at radius 2 is 1.26 bits per heavy atom. The molecule has 0 heterocycles. The number of rotatable bonds is 5. The number of nitrogens with zero attached hydrogens (tertiary/aromatic N) is 3. The molecule has 2 aromatic carbocycles. The summed E-state index contributed by atoms with van der Waals surface area (Å²) < 4.78 is 0. The molecule has 0 amide bonds. The van der Waals surface area contributed by atoms with Crippen molar-refractivity contribution in [2.75, 3.05) is 0 Å². The summed E-state index contributed by atoms with van der Waals surface area (Å²) in [4.78, 5) is 30.3. The fourth-order valence-electron chi connectivity index (χ4n) is 1.84. The van der Waals surface area contributed by atoms with E-state index >= 15 is 0 Å². The molecule has 0 unspecified atom stereocenters. The quantitative estimate of drug-likeness (QED) is 0.471. The van der Waals surface area contributed by atoms with Gasteiger partial charge in [0.05, 0.1) is 26.4 Å². The van der Waals surface area contributed by atoms with Crippen LogP contribution < -0.4 is 0 Å². The van der Waals surface area contributed by atoms with Crippen LogP contribution in [-0.2, 0) is 0 Å². The van der Waals surface area contributed by atoms with Gasteiger partial charge in [-0.1, -0.05) is 6.08 Å². The van der Waals surface area contributed by atoms with Gasteiger partial charge in [-0.3, -0.25) is 30.3 Å². The van der Waals surface area contributed by atoms with Crippen molar-refractivity contribution in [1.82, 2.24) is 0 Å². The number of nitro groups is 3. The summed E-state index contributed by atoms with van der Waals surface area (Å²) in [6.45, 7) is 0. The smallest absolute Gasteiger partial charge is 0.258 e. The molecule has 0 aliphatic rings. The molecule has 0 bridgehead atoms. The Morgan fingerprint density at radius 1 is 0.696 bits per heavy atom. The van der Waals surface area contributed by atoms with Gasteiger partial charge < -0.3 is 0 Å². The van der Waals surface area contributed by atoms with Crippen molar-refractivity contribution in [3.63, 3.8) is 0 Å². The van der Waals surface area contributed by atoms with Crippen LogP contribution in [0.1, 0.15) is 11.1 Å². The molecule has 0 spiro atoms. The van der Waals surface area contributed by atoms with Gasteiger partial charge in [0.2, 0.25) is 0 Å². The molecule has 9 heteroatoms. The summed E-state index contributed by atoms with van der Waals surface area (Å²) in [6.07, 6.45) is 2.95. The molecule has 2 aromatic rings. The molecule has 0 N–H and O–H groups in total. The Balaban J connectivity index is 2.33. The minimum atomic E-state index is -0.711. The van der Waals surface area contributed by atoms with Crippen molar-refractivity contribution in [1.29, 1.82) is 0 Å². The highest BCUT2D eigenvalue weighted by Gasteiger charge is 2.17. The highest BCUT2D eigenvalue weighted by molar-refractivity contribution is 5.75. The van der Waals surface area contributed by atoms with Crippen molar-refractivity contribution in [2.24, 2.45) is 0 Å². The van der Waals surface area contributed by atoms with Gasteiger partial charge in [-0.05, 0) is 29.8 Å². The lowest BCUT2D eigenvalue weighted by Gasteiger charge is -1.98. The summed E-state index contributed by atoms with van der Waals surface area (Å²) in [5, 5.41) is 32.2. The van der Waals surface area contributed by atoms with Crippen LogP contribution in [0.5, 0.6) is 0 Å². The van der Waals surface area contributed by atoms with Gasteiger partial charge in [-0.2, -0.15) is 0 Å². The average molecular weight is 315 g/mol. The minimum Gasteiger partial charge on any atom is -0.258 e. The average Bonchev–Trinajstić information content (AvgIpc) is 2.52. The summed E-state index contributed by atoms with van der Waals surface area (Å²) in [5.41, 5.74) is -0.0350. The highest BCUT2D eigenvalue weighted by atomic mass is 16.6. The fraction of sp³-hybridized carbons (Fsp3) is 0. The maximum Gasteiger partial charge on any atom is 0.283 e. The van der Waals surface area contributed by atoms with Gasteiger partial charge in [0.1, 0.15) is 0 Å². The Morgan fingerprint density at radius 3 is 1.78 bits per heavy atom. The van der Waals surface area contributed by atoms with Gasteiger partial charge in [-0.25, -0.2) is 0 Å². The molecule has 0 atom stereocenters. The largest absolute Gasteiger partial charge is 0.283 e. The second-order valence-electron chi connectivity index (χ2n) is 4.44. The Bertz CT molecular complexity index is 814. The predicted octanol–water partition coefficient (Wildman–Crippen LogP) is 3.58. The van der Waals surface area contributed by atoms with E-state index in [2.05, 4.69) is 0 Å². The zero-order chi connectivity index (χ0) is 17.0. The first-order valence-corrected chi connectivity index (χ1v) is 6.24. The molecular weight excluding hydrogens is 306 g/mol. The maximum atomic E-state index is 11.0. The first kappa shape index (κ1) is 15.8. The predicted molar refractivity (Wildman–Crippen MR) is 81.8 cm³/mol. The van der Waals surface area contributed by atoms with E-state index in [0.717, 1.165) is 6.07 Å². The lowest BCUT2D eigenvalue weighted by Crippen LogP contribution is -1.94. The molecule has 9 nitrogen and oxygen atoms in total. The second kappa shape index (κ2) is 6.43. The van der Waals surface area contributed by atoms with Crippen LogP contribution in [0.15, 0.2) is 42.5 Å². The van der Waals surface area contributed by atoms with Crippen LogP contribution >= 0.6 is 0 Å². The molecule has 0 radical (unpaired) electrons. The second-order valence-corrected chi connectivity index (χ2v) is 4.44. The lowest BCUT2D eigenvalue weighted by molar-refractivity contribution is -0.394. The number of hydrogen-bond acceptors (Lipinski definition) is 6. The topological polar surface area (TPSA) is 129 Å². The van der Waals surface area contributed by atoms with Crippen molar-refractivity contribution in [3.8, 4) is 0 Å². The van der Waals surface area contributed by atoms with Crippen LogP contribution in [0.2, 0.25) is 0 Å². The molecule has 0 saturated carbocycles. The molecule has 0 saturated heterocycles. The van der Waals surface area contributed by atoms with E-state index in [-0.39, 0.29) is 16.9 Å². The Hall–Kier alpha value is -3.62. The highest BCUT2D eigenvalue weighted by Crippen LogP contribution is 2.26. The molecule has 0 aromatic heterocycles. The van der Waals surface area contributed by atoms with Gasteiger partial charge in [0.25, 0.3) is 17.1 Å². The third-order valence-corrected chi connectivity index (χ3v) is 2.98. The molecule has 116 valence electrons. The number of nitro benzene ring substituents is 3. The lowest BCUT2D eigenvalue weighted by atomic mass is 10.1. The zero-order valence-corrected chi connectivity index (χ0v) is 11.5. The molecular formula is C14H9N3O6. The number of non-ortho nitro benzene ring substituents is 2. The van der Waals surface area contributed by atoms with Crippen LogP contribution in [-0.4, -0.2) is 14.8 Å². The van der Waals surface area contributed by atoms with E-state index in [1.807, 2.05) is 0 Å². The summed E-state index contributed by atoms with van der Waals surface area (Å²) in [7, 11) is 0. The molecule has 23 heavy (non-hydrogen) atoms. The monoisotopic (exact) mass is 315 g/mol. The van der Waals surface area contributed by atoms with E-state index in [9.17, 15) is 30.3 Å². The summed E-state index contributed by atoms with van der Waals surface area (Å²) in [5.74, 6) is 0.